The number of furan rings is 1. The lowest BCUT2D eigenvalue weighted by Crippen LogP contribution is -2.27. The van der Waals surface area contributed by atoms with Crippen LogP contribution in [0, 0.1) is 5.41 Å². The number of ether oxygens (including phenoxy) is 1. The second-order valence-corrected chi connectivity index (χ2v) is 6.09. The second-order valence-electron chi connectivity index (χ2n) is 6.09. The first-order chi connectivity index (χ1) is 10.7. The molecule has 2 N–H and O–H groups in total. The Balaban J connectivity index is 2.39. The average molecular weight is 317 g/mol. The van der Waals surface area contributed by atoms with Gasteiger partial charge in [0, 0.05) is 11.1 Å². The maximum absolute atomic E-state index is 12.1. The summed E-state index contributed by atoms with van der Waals surface area (Å²) in [5.74, 6) is -0.561. The summed E-state index contributed by atoms with van der Waals surface area (Å²) in [6, 6.07) is 8.02. The van der Waals surface area contributed by atoms with Gasteiger partial charge >= 0.3 is 5.97 Å². The van der Waals surface area contributed by atoms with Gasteiger partial charge in [-0.25, -0.2) is 4.79 Å². The van der Waals surface area contributed by atoms with Crippen LogP contribution in [0.5, 0.6) is 5.75 Å². The quantitative estimate of drug-likeness (QED) is 0.898. The first kappa shape index (κ1) is 16.6. The van der Waals surface area contributed by atoms with E-state index in [1.807, 2.05) is 20.8 Å². The van der Waals surface area contributed by atoms with Crippen molar-refractivity contribution < 1.29 is 23.8 Å². The van der Waals surface area contributed by atoms with E-state index in [1.54, 1.807) is 24.3 Å². The number of carbonyl (C=O) groups is 2. The van der Waals surface area contributed by atoms with Crippen molar-refractivity contribution in [3.8, 4) is 17.1 Å². The van der Waals surface area contributed by atoms with Gasteiger partial charge in [0.15, 0.2) is 0 Å². The van der Waals surface area contributed by atoms with Crippen molar-refractivity contribution in [2.24, 2.45) is 5.41 Å². The van der Waals surface area contributed by atoms with Crippen LogP contribution < -0.4 is 10.1 Å². The highest BCUT2D eigenvalue weighted by Gasteiger charge is 2.22. The van der Waals surface area contributed by atoms with Gasteiger partial charge < -0.3 is 19.6 Å². The van der Waals surface area contributed by atoms with Crippen molar-refractivity contribution in [1.82, 2.24) is 0 Å². The summed E-state index contributed by atoms with van der Waals surface area (Å²) in [6.45, 7) is 5.45. The molecule has 0 unspecified atom stereocenters. The molecule has 0 atom stereocenters. The maximum atomic E-state index is 12.1. The molecule has 0 aliphatic carbocycles. The van der Waals surface area contributed by atoms with Crippen molar-refractivity contribution >= 4 is 17.6 Å². The molecule has 1 heterocycles. The van der Waals surface area contributed by atoms with E-state index in [1.165, 1.54) is 13.2 Å². The average Bonchev–Trinajstić information content (AvgIpc) is 2.96. The number of amides is 1. The number of anilines is 1. The van der Waals surface area contributed by atoms with Crippen molar-refractivity contribution in [3.05, 3.63) is 36.1 Å². The molecule has 0 saturated heterocycles. The van der Waals surface area contributed by atoms with E-state index in [-0.39, 0.29) is 11.7 Å². The van der Waals surface area contributed by atoms with Gasteiger partial charge in [-0.1, -0.05) is 20.8 Å². The molecule has 0 bridgehead atoms. The van der Waals surface area contributed by atoms with Crippen molar-refractivity contribution in [1.29, 1.82) is 0 Å². The summed E-state index contributed by atoms with van der Waals surface area (Å²) in [5.41, 5.74) is 0.613. The Morgan fingerprint density at radius 3 is 2.39 bits per heavy atom. The minimum Gasteiger partial charge on any atom is -0.496 e. The normalized spacial score (nSPS) is 11.1. The van der Waals surface area contributed by atoms with Crippen LogP contribution in [0.1, 0.15) is 31.3 Å². The van der Waals surface area contributed by atoms with Crippen LogP contribution in [-0.4, -0.2) is 24.1 Å². The molecule has 2 rings (SSSR count). The van der Waals surface area contributed by atoms with E-state index in [2.05, 4.69) is 5.32 Å². The summed E-state index contributed by atoms with van der Waals surface area (Å²) in [5, 5.41) is 11.8. The highest BCUT2D eigenvalue weighted by Crippen LogP contribution is 2.34. The molecule has 0 spiro atoms. The third-order valence-corrected chi connectivity index (χ3v) is 3.22. The smallest absolute Gasteiger partial charge is 0.371 e. The molecule has 0 fully saturated rings. The van der Waals surface area contributed by atoms with Gasteiger partial charge in [0.1, 0.15) is 11.5 Å². The standard InChI is InChI=1S/C17H19NO5/c1-17(2,3)16(21)18-10-5-6-12(22-4)11(9-10)13-7-8-14(23-13)15(19)20/h5-9H,1-4H3,(H,18,21)(H,19,20). The van der Waals surface area contributed by atoms with Crippen LogP contribution in [-0.2, 0) is 4.79 Å². The zero-order valence-corrected chi connectivity index (χ0v) is 13.5. The molecule has 23 heavy (non-hydrogen) atoms. The number of rotatable bonds is 4. The highest BCUT2D eigenvalue weighted by atomic mass is 16.5. The van der Waals surface area contributed by atoms with Gasteiger partial charge in [0.2, 0.25) is 11.7 Å². The van der Waals surface area contributed by atoms with Crippen LogP contribution in [0.2, 0.25) is 0 Å². The van der Waals surface area contributed by atoms with Crippen LogP contribution in [0.15, 0.2) is 34.7 Å². The Morgan fingerprint density at radius 1 is 1.17 bits per heavy atom. The van der Waals surface area contributed by atoms with Crippen LogP contribution in [0.25, 0.3) is 11.3 Å². The molecular formula is C17H19NO5. The second kappa shape index (κ2) is 6.16. The molecule has 6 heteroatoms. The van der Waals surface area contributed by atoms with Gasteiger partial charge in [-0.3, -0.25) is 4.79 Å². The largest absolute Gasteiger partial charge is 0.496 e. The number of aromatic carboxylic acids is 1. The molecule has 0 radical (unpaired) electrons. The van der Waals surface area contributed by atoms with Gasteiger partial charge in [0.25, 0.3) is 0 Å². The maximum Gasteiger partial charge on any atom is 0.371 e. The number of methoxy groups -OCH3 is 1. The molecular weight excluding hydrogens is 298 g/mol. The zero-order chi connectivity index (χ0) is 17.2. The van der Waals surface area contributed by atoms with E-state index in [9.17, 15) is 9.59 Å². The third-order valence-electron chi connectivity index (χ3n) is 3.22. The Morgan fingerprint density at radius 2 is 1.87 bits per heavy atom. The van der Waals surface area contributed by atoms with Gasteiger partial charge in [-0.2, -0.15) is 0 Å². The Kier molecular flexibility index (Phi) is 4.45. The van der Waals surface area contributed by atoms with Crippen LogP contribution in [0.3, 0.4) is 0 Å². The Labute approximate surface area is 134 Å². The Bertz CT molecular complexity index is 740. The number of carboxylic acids is 1. The molecule has 122 valence electrons. The van der Waals surface area contributed by atoms with E-state index in [0.29, 0.717) is 22.8 Å². The van der Waals surface area contributed by atoms with Gasteiger partial charge in [-0.05, 0) is 30.3 Å². The van der Waals surface area contributed by atoms with Gasteiger partial charge in [-0.15, -0.1) is 0 Å². The molecule has 6 nitrogen and oxygen atoms in total. The first-order valence-corrected chi connectivity index (χ1v) is 7.05. The third kappa shape index (κ3) is 3.71. The molecule has 2 aromatic rings. The van der Waals surface area contributed by atoms with Crippen molar-refractivity contribution in [2.45, 2.75) is 20.8 Å². The monoisotopic (exact) mass is 317 g/mol. The number of hydrogen-bond donors (Lipinski definition) is 2. The first-order valence-electron chi connectivity index (χ1n) is 7.05. The number of benzene rings is 1. The number of hydrogen-bond acceptors (Lipinski definition) is 4. The lowest BCUT2D eigenvalue weighted by Gasteiger charge is -2.18. The van der Waals surface area contributed by atoms with Gasteiger partial charge in [0.05, 0.1) is 12.7 Å². The number of nitrogens with one attached hydrogen (secondary N) is 1. The summed E-state index contributed by atoms with van der Waals surface area (Å²) >= 11 is 0. The van der Waals surface area contributed by atoms with Crippen molar-refractivity contribution in [2.75, 3.05) is 12.4 Å². The fraction of sp³-hybridized carbons (Fsp3) is 0.294. The number of carboxylic acid groups (broad SMARTS) is 1. The predicted molar refractivity (Wildman–Crippen MR) is 85.7 cm³/mol. The zero-order valence-electron chi connectivity index (χ0n) is 13.5. The lowest BCUT2D eigenvalue weighted by molar-refractivity contribution is -0.123. The van der Waals surface area contributed by atoms with E-state index in [4.69, 9.17) is 14.3 Å². The van der Waals surface area contributed by atoms with Crippen LogP contribution >= 0.6 is 0 Å². The molecule has 0 aliphatic heterocycles. The van der Waals surface area contributed by atoms with E-state index >= 15 is 0 Å². The summed E-state index contributed by atoms with van der Waals surface area (Å²) in [7, 11) is 1.51. The molecule has 1 aromatic heterocycles. The topological polar surface area (TPSA) is 88.8 Å². The number of carbonyl (C=O) groups excluding carboxylic acids is 1. The molecule has 0 saturated carbocycles. The van der Waals surface area contributed by atoms with E-state index < -0.39 is 11.4 Å². The molecule has 1 aromatic carbocycles. The SMILES string of the molecule is COc1ccc(NC(=O)C(C)(C)C)cc1-c1ccc(C(=O)O)o1. The van der Waals surface area contributed by atoms with E-state index in [0.717, 1.165) is 0 Å². The highest BCUT2D eigenvalue weighted by molar-refractivity contribution is 5.95. The summed E-state index contributed by atoms with van der Waals surface area (Å²) < 4.78 is 10.6. The minimum absolute atomic E-state index is 0.126. The van der Waals surface area contributed by atoms with Crippen molar-refractivity contribution in [3.63, 3.8) is 0 Å². The Hall–Kier alpha value is -2.76. The molecule has 1 amide bonds. The minimum atomic E-state index is -1.15. The summed E-state index contributed by atoms with van der Waals surface area (Å²) in [6.07, 6.45) is 0. The molecule has 0 aliphatic rings. The predicted octanol–water partition coefficient (Wildman–Crippen LogP) is 3.64. The fourth-order valence-corrected chi connectivity index (χ4v) is 1.89. The summed E-state index contributed by atoms with van der Waals surface area (Å²) in [4.78, 5) is 23.0. The van der Waals surface area contributed by atoms with Crippen LogP contribution in [0.4, 0.5) is 5.69 Å². The lowest BCUT2D eigenvalue weighted by atomic mass is 9.95. The fourth-order valence-electron chi connectivity index (χ4n) is 1.89.